The van der Waals surface area contributed by atoms with Crippen LogP contribution >= 0.6 is 19.0 Å². The first-order chi connectivity index (χ1) is 17.1. The number of allylic oxidation sites excluding steroid dienone is 14. The molecule has 1 unspecified atom stereocenters. The summed E-state index contributed by atoms with van der Waals surface area (Å²) >= 11 is 6.43. The molecule has 0 heterocycles. The first-order valence-electron chi connectivity index (χ1n) is 12.0. The van der Waals surface area contributed by atoms with Crippen molar-refractivity contribution in [2.45, 2.75) is 58.8 Å². The molecule has 0 aromatic carbocycles. The van der Waals surface area contributed by atoms with E-state index in [1.807, 2.05) is 25.2 Å². The maximum Gasteiger partial charge on any atom is 0.233 e. The van der Waals surface area contributed by atoms with Gasteiger partial charge in [0, 0.05) is 30.6 Å². The highest BCUT2D eigenvalue weighted by Crippen LogP contribution is 2.36. The van der Waals surface area contributed by atoms with Gasteiger partial charge in [-0.15, -0.1) is 4.91 Å². The molecule has 0 bridgehead atoms. The second-order valence-corrected chi connectivity index (χ2v) is 11.6. The fraction of sp³-hybridized carbons (Fsp3) is 0.393. The zero-order valence-corrected chi connectivity index (χ0v) is 22.7. The molecule has 0 saturated heterocycles. The third-order valence-electron chi connectivity index (χ3n) is 5.55. The lowest BCUT2D eigenvalue weighted by atomic mass is 9.93. The van der Waals surface area contributed by atoms with Crippen LogP contribution in [0, 0.1) is 4.91 Å². The molecule has 1 atom stereocenters. The Morgan fingerprint density at radius 3 is 2.75 bits per heavy atom. The minimum atomic E-state index is -3.31. The van der Waals surface area contributed by atoms with E-state index in [1.54, 1.807) is 24.3 Å². The van der Waals surface area contributed by atoms with Crippen LogP contribution in [0.15, 0.2) is 104 Å². The lowest BCUT2D eigenvalue weighted by molar-refractivity contribution is 0.265. The topological polar surface area (TPSA) is 76.0 Å². The lowest BCUT2D eigenvalue weighted by Gasteiger charge is -2.14. The van der Waals surface area contributed by atoms with Gasteiger partial charge in [-0.2, -0.15) is 0 Å². The predicted molar refractivity (Wildman–Crippen MR) is 146 cm³/mol. The van der Waals surface area contributed by atoms with Crippen molar-refractivity contribution in [3.63, 3.8) is 0 Å². The molecule has 0 aliphatic heterocycles. The summed E-state index contributed by atoms with van der Waals surface area (Å²) in [5, 5.41) is 3.82. The Labute approximate surface area is 218 Å². The van der Waals surface area contributed by atoms with Gasteiger partial charge in [0.05, 0.1) is 5.70 Å². The molecule has 1 N–H and O–H groups in total. The molecule has 0 spiro atoms. The van der Waals surface area contributed by atoms with E-state index < -0.39 is 7.37 Å². The van der Waals surface area contributed by atoms with Gasteiger partial charge in [0.15, 0.2) is 12.1 Å². The summed E-state index contributed by atoms with van der Waals surface area (Å²) < 4.78 is 30.4. The molecule has 5 nitrogen and oxygen atoms in total. The number of nitrogens with zero attached hydrogens (tertiary/aromatic N) is 1. The maximum atomic E-state index is 13.5. The van der Waals surface area contributed by atoms with Crippen LogP contribution in [-0.2, 0) is 9.30 Å². The van der Waals surface area contributed by atoms with Crippen molar-refractivity contribution in [2.75, 3.05) is 13.0 Å². The summed E-state index contributed by atoms with van der Waals surface area (Å²) in [4.78, 5) is 21.0. The maximum absolute atomic E-state index is 13.5. The molecule has 0 fully saturated rings. The number of halogens is 2. The Morgan fingerprint density at radius 2 is 2.08 bits per heavy atom. The highest BCUT2D eigenvalue weighted by Gasteiger charge is 2.13. The third kappa shape index (κ3) is 11.1. The van der Waals surface area contributed by atoms with Crippen LogP contribution in [0.4, 0.5) is 4.39 Å². The van der Waals surface area contributed by atoms with Gasteiger partial charge < -0.3 is 9.63 Å². The number of rotatable bonds is 11. The van der Waals surface area contributed by atoms with Gasteiger partial charge >= 0.3 is 0 Å². The Bertz CT molecular complexity index is 1160. The van der Waals surface area contributed by atoms with Crippen LogP contribution in [-0.4, -0.2) is 17.9 Å². The fourth-order valence-electron chi connectivity index (χ4n) is 3.71. The molecule has 0 aromatic rings. The molecular formula is C28H34ClFNO4P. The highest BCUT2D eigenvalue weighted by atomic mass is 35.5. The molecule has 2 aliphatic carbocycles. The normalized spacial score (nSPS) is 24.9. The molecule has 0 radical (unpaired) electrons. The van der Waals surface area contributed by atoms with Crippen LogP contribution in [0.25, 0.3) is 0 Å². The average Bonchev–Trinajstić information content (AvgIpc) is 2.78. The molecule has 2 aliphatic rings. The van der Waals surface area contributed by atoms with Gasteiger partial charge in [-0.05, 0) is 60.6 Å². The van der Waals surface area contributed by atoms with Gasteiger partial charge in [-0.25, -0.2) is 4.39 Å². The zero-order valence-electron chi connectivity index (χ0n) is 21.1. The largest absolute Gasteiger partial charge is 0.476 e. The summed E-state index contributed by atoms with van der Waals surface area (Å²) in [6, 6.07) is 0. The van der Waals surface area contributed by atoms with Crippen molar-refractivity contribution < 1.29 is 18.6 Å². The van der Waals surface area contributed by atoms with E-state index in [0.29, 0.717) is 48.6 Å². The van der Waals surface area contributed by atoms with Crippen LogP contribution < -0.4 is 0 Å². The van der Waals surface area contributed by atoms with Crippen molar-refractivity contribution in [1.82, 2.24) is 0 Å². The van der Waals surface area contributed by atoms with E-state index in [0.717, 1.165) is 28.7 Å². The second-order valence-electron chi connectivity index (χ2n) is 8.79. The molecule has 2 rings (SSSR count). The van der Waals surface area contributed by atoms with E-state index in [9.17, 15) is 18.8 Å². The van der Waals surface area contributed by atoms with E-state index in [1.165, 1.54) is 6.66 Å². The third-order valence-corrected chi connectivity index (χ3v) is 6.40. The molecule has 194 valence electrons. The van der Waals surface area contributed by atoms with Gasteiger partial charge in [0.2, 0.25) is 7.37 Å². The standard InChI is InChI=1S/C28H34ClFNO4P/c1-4-21(15-23-11-8-14-27(19-25(29)18-23)35-20-36(3,33)34)16-24(28(5-2)31-32)17-22-9-6-12-26(30)13-7-10-22/h6,8-11,13,16,19H,4-5,7,12,15,17-18,20H2,1-3H3,(H,33,34)/b9-6?,21-16+,22-10+,23-11-,25-19+,26-13+,28-24-. The van der Waals surface area contributed by atoms with Gasteiger partial charge in [0.1, 0.15) is 5.83 Å². The van der Waals surface area contributed by atoms with E-state index >= 15 is 0 Å². The smallest absolute Gasteiger partial charge is 0.233 e. The van der Waals surface area contributed by atoms with E-state index in [-0.39, 0.29) is 18.6 Å². The van der Waals surface area contributed by atoms with Crippen LogP contribution in [0.3, 0.4) is 0 Å². The molecular weight excluding hydrogens is 500 g/mol. The molecule has 8 heteroatoms. The SMILES string of the molecule is CC/C(=C\C(C/C1=C/C/C=C(/F)CC=C1)=C(/CC)N=O)C/C1=C/C=C=C(OCP(C)(=O)O)/C=C(/Cl)C1. The number of hydrogen-bond donors (Lipinski definition) is 1. The van der Waals surface area contributed by atoms with Crippen molar-refractivity contribution in [1.29, 1.82) is 0 Å². The van der Waals surface area contributed by atoms with Crippen molar-refractivity contribution in [3.8, 4) is 0 Å². The summed E-state index contributed by atoms with van der Waals surface area (Å²) in [5.41, 5.74) is 7.52. The Morgan fingerprint density at radius 1 is 1.31 bits per heavy atom. The quantitative estimate of drug-likeness (QED) is 0.124. The number of hydrogen-bond acceptors (Lipinski definition) is 4. The lowest BCUT2D eigenvalue weighted by Crippen LogP contribution is -1.97. The van der Waals surface area contributed by atoms with Crippen molar-refractivity contribution >= 4 is 19.0 Å². The zero-order chi connectivity index (χ0) is 26.6. The van der Waals surface area contributed by atoms with E-state index in [4.69, 9.17) is 16.3 Å². The van der Waals surface area contributed by atoms with Gasteiger partial charge in [-0.3, -0.25) is 4.57 Å². The number of nitroso groups, excluding NO2 is 1. The van der Waals surface area contributed by atoms with Gasteiger partial charge in [-0.1, -0.05) is 72.7 Å². The summed E-state index contributed by atoms with van der Waals surface area (Å²) in [5.74, 6) is 0.165. The Balaban J connectivity index is 2.30. The molecule has 0 amide bonds. The summed E-state index contributed by atoms with van der Waals surface area (Å²) in [7, 11) is -3.31. The first-order valence-corrected chi connectivity index (χ1v) is 14.7. The molecule has 0 aromatic heterocycles. The Hall–Kier alpha value is -2.49. The van der Waals surface area contributed by atoms with Crippen LogP contribution in [0.1, 0.15) is 58.8 Å². The van der Waals surface area contributed by atoms with Crippen LogP contribution in [0.2, 0.25) is 0 Å². The predicted octanol–water partition coefficient (Wildman–Crippen LogP) is 9.03. The van der Waals surface area contributed by atoms with Gasteiger partial charge in [0.25, 0.3) is 0 Å². The summed E-state index contributed by atoms with van der Waals surface area (Å²) in [6.45, 7) is 5.20. The van der Waals surface area contributed by atoms with E-state index in [2.05, 4.69) is 23.9 Å². The minimum Gasteiger partial charge on any atom is -0.476 e. The van der Waals surface area contributed by atoms with Crippen molar-refractivity contribution in [3.05, 3.63) is 104 Å². The fourth-order valence-corrected chi connectivity index (χ4v) is 4.36. The molecule has 0 saturated carbocycles. The first kappa shape index (κ1) is 29.7. The van der Waals surface area contributed by atoms with Crippen molar-refractivity contribution in [2.24, 2.45) is 5.18 Å². The highest BCUT2D eigenvalue weighted by molar-refractivity contribution is 7.56. The van der Waals surface area contributed by atoms with Crippen LogP contribution in [0.5, 0.6) is 0 Å². The minimum absolute atomic E-state index is 0.143. The second kappa shape index (κ2) is 14.9. The number of ether oxygens (including phenoxy) is 1. The monoisotopic (exact) mass is 533 g/mol. The Kier molecular flexibility index (Phi) is 12.3. The summed E-state index contributed by atoms with van der Waals surface area (Å²) in [6.07, 6.45) is 18.0. The molecule has 36 heavy (non-hydrogen) atoms. The average molecular weight is 534 g/mol.